The van der Waals surface area contributed by atoms with E-state index >= 15 is 0 Å². The van der Waals surface area contributed by atoms with Crippen molar-refractivity contribution in [2.45, 2.75) is 6.61 Å². The third-order valence-electron chi connectivity index (χ3n) is 2.16. The number of nitrogens with zero attached hydrogens (tertiary/aromatic N) is 2. The Kier molecular flexibility index (Phi) is 4.46. The predicted molar refractivity (Wildman–Crippen MR) is 58.3 cm³/mol. The van der Waals surface area contributed by atoms with Crippen LogP contribution in [0.3, 0.4) is 0 Å². The average molecular weight is 292 g/mol. The molecular weight excluding hydrogens is 286 g/mol. The fourth-order valence-corrected chi connectivity index (χ4v) is 1.46. The highest BCUT2D eigenvalue weighted by atomic mass is 19.3. The molecule has 0 heterocycles. The minimum Gasteiger partial charge on any atom is -0.488 e. The van der Waals surface area contributed by atoms with Crippen LogP contribution in [0.1, 0.15) is 10.4 Å². The van der Waals surface area contributed by atoms with Crippen LogP contribution in [0.5, 0.6) is 11.5 Å². The standard InChI is InChI=1S/C9H6F2N2O7/c1-19-8-6(20-9(10)11)2-5(12(15)16)4(3-14)7(8)13(17)18/h2-3,9H,1H3. The van der Waals surface area contributed by atoms with E-state index in [2.05, 4.69) is 9.47 Å². The summed E-state index contributed by atoms with van der Waals surface area (Å²) in [5.41, 5.74) is -3.06. The number of aldehydes is 1. The molecule has 0 amide bonds. The molecule has 9 nitrogen and oxygen atoms in total. The Bertz CT molecular complexity index is 576. The van der Waals surface area contributed by atoms with Crippen molar-refractivity contribution in [1.82, 2.24) is 0 Å². The Morgan fingerprint density at radius 3 is 2.25 bits per heavy atom. The number of hydrogen-bond acceptors (Lipinski definition) is 7. The molecule has 1 aromatic carbocycles. The molecule has 0 saturated heterocycles. The van der Waals surface area contributed by atoms with Crippen molar-refractivity contribution in [3.63, 3.8) is 0 Å². The number of alkyl halides is 2. The number of benzene rings is 1. The summed E-state index contributed by atoms with van der Waals surface area (Å²) in [5, 5.41) is 21.6. The number of nitro benzene ring substituents is 2. The summed E-state index contributed by atoms with van der Waals surface area (Å²) in [6, 6.07) is 0.460. The number of nitro groups is 2. The van der Waals surface area contributed by atoms with E-state index in [-0.39, 0.29) is 6.29 Å². The first-order chi connectivity index (χ1) is 9.33. The van der Waals surface area contributed by atoms with E-state index in [4.69, 9.17) is 0 Å². The van der Waals surface area contributed by atoms with Gasteiger partial charge in [0.1, 0.15) is 0 Å². The van der Waals surface area contributed by atoms with Gasteiger partial charge in [-0.15, -0.1) is 0 Å². The number of hydrogen-bond donors (Lipinski definition) is 0. The Labute approximate surface area is 109 Å². The molecule has 1 rings (SSSR count). The number of rotatable bonds is 6. The van der Waals surface area contributed by atoms with E-state index in [1.807, 2.05) is 0 Å². The van der Waals surface area contributed by atoms with Gasteiger partial charge in [-0.25, -0.2) is 0 Å². The van der Waals surface area contributed by atoms with Crippen LogP contribution in [0.15, 0.2) is 6.07 Å². The van der Waals surface area contributed by atoms with Gasteiger partial charge in [0.05, 0.1) is 23.0 Å². The van der Waals surface area contributed by atoms with Gasteiger partial charge in [0.15, 0.2) is 17.6 Å². The first-order valence-corrected chi connectivity index (χ1v) is 4.77. The smallest absolute Gasteiger partial charge is 0.387 e. The van der Waals surface area contributed by atoms with Crippen molar-refractivity contribution in [1.29, 1.82) is 0 Å². The second-order valence-electron chi connectivity index (χ2n) is 3.20. The minimum absolute atomic E-state index is 0.134. The SMILES string of the molecule is COc1c(OC(F)F)cc([N+](=O)[O-])c(C=O)c1[N+](=O)[O-]. The molecule has 0 aliphatic rings. The van der Waals surface area contributed by atoms with Gasteiger partial charge in [0, 0.05) is 0 Å². The number of carbonyl (C=O) groups excluding carboxylic acids is 1. The highest BCUT2D eigenvalue weighted by Crippen LogP contribution is 2.44. The van der Waals surface area contributed by atoms with Gasteiger partial charge in [-0.05, 0) is 0 Å². The van der Waals surface area contributed by atoms with E-state index in [0.717, 1.165) is 7.11 Å². The normalized spacial score (nSPS) is 10.2. The highest BCUT2D eigenvalue weighted by Gasteiger charge is 2.34. The molecule has 0 aliphatic heterocycles. The van der Waals surface area contributed by atoms with Crippen molar-refractivity contribution >= 4 is 17.7 Å². The van der Waals surface area contributed by atoms with Crippen LogP contribution in [0.4, 0.5) is 20.2 Å². The van der Waals surface area contributed by atoms with Crippen LogP contribution < -0.4 is 9.47 Å². The van der Waals surface area contributed by atoms with Crippen molar-refractivity contribution < 1.29 is 32.9 Å². The molecule has 0 bridgehead atoms. The van der Waals surface area contributed by atoms with Crippen LogP contribution in [0, 0.1) is 20.2 Å². The number of methoxy groups -OCH3 is 1. The molecule has 1 aromatic rings. The molecule has 0 saturated carbocycles. The third-order valence-corrected chi connectivity index (χ3v) is 2.16. The van der Waals surface area contributed by atoms with Crippen molar-refractivity contribution in [2.75, 3.05) is 7.11 Å². The van der Waals surface area contributed by atoms with Gasteiger partial charge in [0.2, 0.25) is 5.75 Å². The molecule has 11 heteroatoms. The first kappa shape index (κ1) is 15.2. The number of carbonyl (C=O) groups is 1. The molecule has 0 N–H and O–H groups in total. The van der Waals surface area contributed by atoms with Gasteiger partial charge in [0.25, 0.3) is 5.69 Å². The van der Waals surface area contributed by atoms with E-state index in [9.17, 15) is 33.8 Å². The fraction of sp³-hybridized carbons (Fsp3) is 0.222. The van der Waals surface area contributed by atoms with E-state index < -0.39 is 44.9 Å². The van der Waals surface area contributed by atoms with E-state index in [1.54, 1.807) is 0 Å². The Morgan fingerprint density at radius 2 is 1.90 bits per heavy atom. The third kappa shape index (κ3) is 2.76. The molecule has 0 radical (unpaired) electrons. The van der Waals surface area contributed by atoms with Gasteiger partial charge < -0.3 is 9.47 Å². The van der Waals surface area contributed by atoms with Crippen LogP contribution in [0.25, 0.3) is 0 Å². The summed E-state index contributed by atoms with van der Waals surface area (Å²) >= 11 is 0. The Balaban J connectivity index is 3.74. The topological polar surface area (TPSA) is 122 Å². The maximum Gasteiger partial charge on any atom is 0.387 e. The molecule has 0 aliphatic carbocycles. The first-order valence-electron chi connectivity index (χ1n) is 4.77. The molecule has 0 aromatic heterocycles. The van der Waals surface area contributed by atoms with Crippen LogP contribution in [-0.2, 0) is 0 Å². The van der Waals surface area contributed by atoms with Crippen molar-refractivity contribution in [3.8, 4) is 11.5 Å². The molecule has 0 atom stereocenters. The minimum atomic E-state index is -3.38. The Morgan fingerprint density at radius 1 is 1.30 bits per heavy atom. The number of ether oxygens (including phenoxy) is 2. The average Bonchev–Trinajstić information content (AvgIpc) is 2.35. The maximum atomic E-state index is 12.2. The summed E-state index contributed by atoms with van der Waals surface area (Å²) in [6.07, 6.45) is -0.134. The molecule has 0 unspecified atom stereocenters. The van der Waals surface area contributed by atoms with Crippen molar-refractivity contribution in [2.24, 2.45) is 0 Å². The van der Waals surface area contributed by atoms with Crippen LogP contribution >= 0.6 is 0 Å². The Hall–Kier alpha value is -2.85. The lowest BCUT2D eigenvalue weighted by Gasteiger charge is -2.11. The summed E-state index contributed by atoms with van der Waals surface area (Å²) in [5.74, 6) is -1.71. The molecule has 108 valence electrons. The van der Waals surface area contributed by atoms with E-state index in [1.165, 1.54) is 0 Å². The fourth-order valence-electron chi connectivity index (χ4n) is 1.46. The molecule has 20 heavy (non-hydrogen) atoms. The van der Waals surface area contributed by atoms with Gasteiger partial charge in [-0.2, -0.15) is 8.78 Å². The zero-order chi connectivity index (χ0) is 15.4. The van der Waals surface area contributed by atoms with Crippen LogP contribution in [-0.4, -0.2) is 29.9 Å². The summed E-state index contributed by atoms with van der Waals surface area (Å²) in [7, 11) is 0.904. The molecule has 0 spiro atoms. The van der Waals surface area contributed by atoms with Gasteiger partial charge in [-0.1, -0.05) is 0 Å². The maximum absolute atomic E-state index is 12.2. The summed E-state index contributed by atoms with van der Waals surface area (Å²) in [4.78, 5) is 30.1. The monoisotopic (exact) mass is 292 g/mol. The zero-order valence-electron chi connectivity index (χ0n) is 9.74. The lowest BCUT2D eigenvalue weighted by molar-refractivity contribution is -0.395. The van der Waals surface area contributed by atoms with Gasteiger partial charge >= 0.3 is 12.3 Å². The number of halogens is 2. The lowest BCUT2D eigenvalue weighted by Crippen LogP contribution is -2.08. The molecule has 0 fully saturated rings. The highest BCUT2D eigenvalue weighted by molar-refractivity contribution is 5.91. The molecular formula is C9H6F2N2O7. The second kappa shape index (κ2) is 5.86. The van der Waals surface area contributed by atoms with Crippen molar-refractivity contribution in [3.05, 3.63) is 31.9 Å². The summed E-state index contributed by atoms with van der Waals surface area (Å²) < 4.78 is 32.9. The lowest BCUT2D eigenvalue weighted by atomic mass is 10.1. The second-order valence-corrected chi connectivity index (χ2v) is 3.20. The van der Waals surface area contributed by atoms with Crippen LogP contribution in [0.2, 0.25) is 0 Å². The van der Waals surface area contributed by atoms with Gasteiger partial charge in [-0.3, -0.25) is 25.0 Å². The summed E-state index contributed by atoms with van der Waals surface area (Å²) in [6.45, 7) is -3.38. The largest absolute Gasteiger partial charge is 0.488 e. The predicted octanol–water partition coefficient (Wildman–Crippen LogP) is 1.93. The quantitative estimate of drug-likeness (QED) is 0.446. The zero-order valence-corrected chi connectivity index (χ0v) is 9.74. The van der Waals surface area contributed by atoms with E-state index in [0.29, 0.717) is 6.07 Å².